The molecule has 1 aromatic carbocycles. The van der Waals surface area contributed by atoms with E-state index in [0.29, 0.717) is 0 Å². The summed E-state index contributed by atoms with van der Waals surface area (Å²) < 4.78 is 0. The van der Waals surface area contributed by atoms with Crippen LogP contribution in [0.4, 0.5) is 0 Å². The summed E-state index contributed by atoms with van der Waals surface area (Å²) in [5, 5.41) is 6.67. The van der Waals surface area contributed by atoms with Crippen LogP contribution >= 0.6 is 0 Å². The predicted molar refractivity (Wildman–Crippen MR) is 78.0 cm³/mol. The van der Waals surface area contributed by atoms with Crippen molar-refractivity contribution in [2.75, 3.05) is 26.2 Å². The van der Waals surface area contributed by atoms with Crippen molar-refractivity contribution in [2.45, 2.75) is 38.0 Å². The summed E-state index contributed by atoms with van der Waals surface area (Å²) >= 11 is 0. The Morgan fingerprint density at radius 2 is 1.33 bits per heavy atom. The number of rotatable bonds is 1. The van der Waals surface area contributed by atoms with E-state index in [1.54, 1.807) is 0 Å². The van der Waals surface area contributed by atoms with E-state index >= 15 is 0 Å². The highest BCUT2D eigenvalue weighted by Crippen LogP contribution is 2.24. The van der Waals surface area contributed by atoms with E-state index in [1.165, 1.54) is 63.8 Å². The van der Waals surface area contributed by atoms with Crippen LogP contribution in [0.2, 0.25) is 0 Å². The molecule has 0 radical (unpaired) electrons. The summed E-state index contributed by atoms with van der Waals surface area (Å²) in [4.78, 5) is 0. The monoisotopic (exact) mass is 246 g/mol. The number of piperidine rings is 2. The average Bonchev–Trinajstić information content (AvgIpc) is 2.51. The smallest absolute Gasteiger partial charge is 0.00431 e. The number of benzene rings is 1. The van der Waals surface area contributed by atoms with E-state index in [2.05, 4.69) is 41.0 Å². The fraction of sp³-hybridized carbons (Fsp3) is 0.625. The van der Waals surface area contributed by atoms with Crippen molar-refractivity contribution in [1.29, 1.82) is 0 Å². The Balaban J connectivity index is 0.000000169. The molecule has 0 saturated carbocycles. The SMILES string of the molecule is C1CCNCC1.c1ccc(C2CCNCC2)cc1. The van der Waals surface area contributed by atoms with E-state index in [4.69, 9.17) is 0 Å². The first-order valence-electron chi connectivity index (χ1n) is 7.43. The zero-order valence-corrected chi connectivity index (χ0v) is 11.3. The maximum absolute atomic E-state index is 3.38. The molecule has 2 nitrogen and oxygen atoms in total. The van der Waals surface area contributed by atoms with Gasteiger partial charge in [-0.1, -0.05) is 36.8 Å². The summed E-state index contributed by atoms with van der Waals surface area (Å²) in [6.45, 7) is 4.86. The lowest BCUT2D eigenvalue weighted by molar-refractivity contribution is 0.460. The summed E-state index contributed by atoms with van der Waals surface area (Å²) in [7, 11) is 0. The van der Waals surface area contributed by atoms with Gasteiger partial charge in [0.05, 0.1) is 0 Å². The molecule has 1 aromatic rings. The maximum Gasteiger partial charge on any atom is -0.00431 e. The first-order chi connectivity index (χ1) is 8.97. The van der Waals surface area contributed by atoms with Crippen LogP contribution in [0.3, 0.4) is 0 Å². The Morgan fingerprint density at radius 3 is 1.83 bits per heavy atom. The van der Waals surface area contributed by atoms with Gasteiger partial charge in [0.1, 0.15) is 0 Å². The zero-order chi connectivity index (χ0) is 12.5. The van der Waals surface area contributed by atoms with Crippen molar-refractivity contribution in [1.82, 2.24) is 10.6 Å². The van der Waals surface area contributed by atoms with Crippen LogP contribution in [0.1, 0.15) is 43.6 Å². The average molecular weight is 246 g/mol. The Labute approximate surface area is 111 Å². The van der Waals surface area contributed by atoms with Gasteiger partial charge in [-0.25, -0.2) is 0 Å². The topological polar surface area (TPSA) is 24.1 Å². The highest BCUT2D eigenvalue weighted by Gasteiger charge is 2.13. The lowest BCUT2D eigenvalue weighted by Gasteiger charge is -2.22. The van der Waals surface area contributed by atoms with E-state index < -0.39 is 0 Å². The fourth-order valence-corrected chi connectivity index (χ4v) is 2.68. The van der Waals surface area contributed by atoms with Crippen molar-refractivity contribution >= 4 is 0 Å². The normalized spacial score (nSPS) is 20.9. The Morgan fingerprint density at radius 1 is 0.722 bits per heavy atom. The van der Waals surface area contributed by atoms with E-state index in [0.717, 1.165) is 5.92 Å². The molecule has 0 amide bonds. The highest BCUT2D eigenvalue weighted by atomic mass is 14.9. The van der Waals surface area contributed by atoms with Crippen LogP contribution in [-0.4, -0.2) is 26.2 Å². The molecule has 2 fully saturated rings. The first kappa shape index (κ1) is 13.6. The van der Waals surface area contributed by atoms with Gasteiger partial charge in [-0.15, -0.1) is 0 Å². The summed E-state index contributed by atoms with van der Waals surface area (Å²) in [6.07, 6.45) is 6.81. The quantitative estimate of drug-likeness (QED) is 0.796. The molecule has 0 aliphatic carbocycles. The standard InChI is InChI=1S/C11H15N.C5H11N/c1-2-4-10(5-3-1)11-6-8-12-9-7-11;1-2-4-6-5-3-1/h1-5,11-12H,6-9H2;6H,1-5H2. The number of hydrogen-bond donors (Lipinski definition) is 2. The summed E-state index contributed by atoms with van der Waals surface area (Å²) in [6, 6.07) is 10.9. The molecule has 18 heavy (non-hydrogen) atoms. The van der Waals surface area contributed by atoms with Crippen LogP contribution in [0.25, 0.3) is 0 Å². The fourth-order valence-electron chi connectivity index (χ4n) is 2.68. The van der Waals surface area contributed by atoms with Gasteiger partial charge in [0.15, 0.2) is 0 Å². The lowest BCUT2D eigenvalue weighted by atomic mass is 9.90. The molecule has 0 aromatic heterocycles. The summed E-state index contributed by atoms with van der Waals surface area (Å²) in [5.41, 5.74) is 1.51. The third kappa shape index (κ3) is 4.79. The van der Waals surface area contributed by atoms with Gasteiger partial charge in [0.25, 0.3) is 0 Å². The number of nitrogens with one attached hydrogen (secondary N) is 2. The van der Waals surface area contributed by atoms with Gasteiger partial charge in [-0.3, -0.25) is 0 Å². The molecule has 2 heterocycles. The van der Waals surface area contributed by atoms with E-state index in [-0.39, 0.29) is 0 Å². The van der Waals surface area contributed by atoms with Gasteiger partial charge < -0.3 is 10.6 Å². The van der Waals surface area contributed by atoms with E-state index in [1.807, 2.05) is 0 Å². The second-order valence-corrected chi connectivity index (χ2v) is 5.25. The van der Waals surface area contributed by atoms with Crippen LogP contribution in [0.5, 0.6) is 0 Å². The second kappa shape index (κ2) is 8.28. The lowest BCUT2D eigenvalue weighted by Crippen LogP contribution is -2.26. The molecule has 2 heteroatoms. The first-order valence-corrected chi connectivity index (χ1v) is 7.43. The van der Waals surface area contributed by atoms with Crippen molar-refractivity contribution in [3.63, 3.8) is 0 Å². The predicted octanol–water partition coefficient (Wildman–Crippen LogP) is 2.91. The minimum atomic E-state index is 0.799. The maximum atomic E-state index is 3.38. The number of hydrogen-bond acceptors (Lipinski definition) is 2. The zero-order valence-electron chi connectivity index (χ0n) is 11.3. The van der Waals surface area contributed by atoms with Crippen LogP contribution in [-0.2, 0) is 0 Å². The van der Waals surface area contributed by atoms with Crippen LogP contribution in [0.15, 0.2) is 30.3 Å². The van der Waals surface area contributed by atoms with Crippen molar-refractivity contribution < 1.29 is 0 Å². The molecule has 100 valence electrons. The molecule has 2 saturated heterocycles. The third-order valence-corrected chi connectivity index (χ3v) is 3.82. The van der Waals surface area contributed by atoms with Crippen molar-refractivity contribution in [3.8, 4) is 0 Å². The molecule has 3 rings (SSSR count). The Bertz CT molecular complexity index is 289. The molecule has 0 spiro atoms. The molecule has 2 aliphatic rings. The minimum Gasteiger partial charge on any atom is -0.317 e. The third-order valence-electron chi connectivity index (χ3n) is 3.82. The largest absolute Gasteiger partial charge is 0.317 e. The highest BCUT2D eigenvalue weighted by molar-refractivity contribution is 5.19. The van der Waals surface area contributed by atoms with Gasteiger partial charge in [-0.2, -0.15) is 0 Å². The molecule has 2 N–H and O–H groups in total. The second-order valence-electron chi connectivity index (χ2n) is 5.25. The molecular weight excluding hydrogens is 220 g/mol. The summed E-state index contributed by atoms with van der Waals surface area (Å²) in [5.74, 6) is 0.799. The van der Waals surface area contributed by atoms with Crippen LogP contribution in [0, 0.1) is 0 Å². The minimum absolute atomic E-state index is 0.799. The van der Waals surface area contributed by atoms with Crippen molar-refractivity contribution in [2.24, 2.45) is 0 Å². The van der Waals surface area contributed by atoms with E-state index in [9.17, 15) is 0 Å². The van der Waals surface area contributed by atoms with Gasteiger partial charge in [0.2, 0.25) is 0 Å². The van der Waals surface area contributed by atoms with Gasteiger partial charge >= 0.3 is 0 Å². The van der Waals surface area contributed by atoms with Gasteiger partial charge in [-0.05, 0) is 63.3 Å². The molecular formula is C16H26N2. The molecule has 2 aliphatic heterocycles. The Hall–Kier alpha value is -0.860. The van der Waals surface area contributed by atoms with Crippen molar-refractivity contribution in [3.05, 3.63) is 35.9 Å². The molecule has 0 atom stereocenters. The Kier molecular flexibility index (Phi) is 6.24. The van der Waals surface area contributed by atoms with Gasteiger partial charge in [0, 0.05) is 0 Å². The molecule has 0 unspecified atom stereocenters. The van der Waals surface area contributed by atoms with Crippen LogP contribution < -0.4 is 10.6 Å². The molecule has 0 bridgehead atoms.